The molecule has 1 heterocycles. The van der Waals surface area contributed by atoms with Gasteiger partial charge in [-0.25, -0.2) is 4.98 Å². The van der Waals surface area contributed by atoms with Gasteiger partial charge in [-0.15, -0.1) is 0 Å². The molecular weight excluding hydrogens is 400 g/mol. The SMILES string of the molecule is Cc1cnc(NCC(F)(F)c2ccccc2)c(=O)n1CC(=O)NCCONC=NN. The van der Waals surface area contributed by atoms with Gasteiger partial charge in [0, 0.05) is 24.0 Å². The number of carbonyl (C=O) groups excluding carboxylic acids is 1. The van der Waals surface area contributed by atoms with Crippen molar-refractivity contribution in [1.82, 2.24) is 20.3 Å². The van der Waals surface area contributed by atoms with Crippen molar-refractivity contribution in [2.24, 2.45) is 10.9 Å². The van der Waals surface area contributed by atoms with Crippen molar-refractivity contribution in [3.05, 3.63) is 58.1 Å². The van der Waals surface area contributed by atoms with E-state index in [-0.39, 0.29) is 31.1 Å². The smallest absolute Gasteiger partial charge is 0.293 e. The number of halogens is 2. The van der Waals surface area contributed by atoms with Crippen LogP contribution in [0.4, 0.5) is 14.6 Å². The number of carbonyl (C=O) groups is 1. The highest BCUT2D eigenvalue weighted by Gasteiger charge is 2.31. The van der Waals surface area contributed by atoms with Gasteiger partial charge in [-0.2, -0.15) is 13.9 Å². The zero-order valence-corrected chi connectivity index (χ0v) is 16.3. The highest BCUT2D eigenvalue weighted by molar-refractivity contribution is 5.75. The van der Waals surface area contributed by atoms with Gasteiger partial charge in [-0.1, -0.05) is 30.3 Å². The Morgan fingerprint density at radius 3 is 2.80 bits per heavy atom. The molecule has 1 aromatic heterocycles. The van der Waals surface area contributed by atoms with Crippen LogP contribution in [0.2, 0.25) is 0 Å². The molecule has 0 aliphatic rings. The maximum absolute atomic E-state index is 14.3. The second kappa shape index (κ2) is 10.9. The monoisotopic (exact) mass is 423 g/mol. The number of rotatable bonds is 11. The molecule has 0 aliphatic heterocycles. The lowest BCUT2D eigenvalue weighted by Crippen LogP contribution is -2.37. The summed E-state index contributed by atoms with van der Waals surface area (Å²) in [5, 5.41) is 8.10. The molecule has 30 heavy (non-hydrogen) atoms. The number of nitrogens with one attached hydrogen (secondary N) is 3. The summed E-state index contributed by atoms with van der Waals surface area (Å²) in [6.45, 7) is 0.768. The lowest BCUT2D eigenvalue weighted by atomic mass is 10.1. The van der Waals surface area contributed by atoms with Gasteiger partial charge in [-0.05, 0) is 6.92 Å². The summed E-state index contributed by atoms with van der Waals surface area (Å²) < 4.78 is 29.8. The van der Waals surface area contributed by atoms with E-state index in [2.05, 4.69) is 26.2 Å². The van der Waals surface area contributed by atoms with Gasteiger partial charge in [0.15, 0.2) is 5.82 Å². The summed E-state index contributed by atoms with van der Waals surface area (Å²) in [4.78, 5) is 33.4. The Bertz CT molecular complexity index is 920. The number of hydrazone groups is 1. The van der Waals surface area contributed by atoms with Crippen LogP contribution in [0.5, 0.6) is 0 Å². The van der Waals surface area contributed by atoms with Crippen LogP contribution in [-0.4, -0.2) is 41.5 Å². The zero-order chi connectivity index (χ0) is 22.0. The van der Waals surface area contributed by atoms with Crippen LogP contribution in [0.3, 0.4) is 0 Å². The van der Waals surface area contributed by atoms with Crippen molar-refractivity contribution in [2.45, 2.75) is 19.4 Å². The van der Waals surface area contributed by atoms with Crippen LogP contribution in [0.25, 0.3) is 0 Å². The van der Waals surface area contributed by atoms with Gasteiger partial charge in [0.25, 0.3) is 11.5 Å². The highest BCUT2D eigenvalue weighted by atomic mass is 19.3. The highest BCUT2D eigenvalue weighted by Crippen LogP contribution is 2.27. The second-order valence-corrected chi connectivity index (χ2v) is 6.16. The minimum Gasteiger partial charge on any atom is -0.359 e. The number of hydroxylamine groups is 1. The predicted molar refractivity (Wildman–Crippen MR) is 107 cm³/mol. The van der Waals surface area contributed by atoms with Crippen molar-refractivity contribution >= 4 is 18.1 Å². The quantitative estimate of drug-likeness (QED) is 0.134. The molecule has 0 spiro atoms. The Kier molecular flexibility index (Phi) is 8.23. The summed E-state index contributed by atoms with van der Waals surface area (Å²) >= 11 is 0. The third-order valence-corrected chi connectivity index (χ3v) is 3.97. The molecule has 162 valence electrons. The first-order chi connectivity index (χ1) is 14.3. The van der Waals surface area contributed by atoms with Crippen molar-refractivity contribution in [1.29, 1.82) is 0 Å². The Morgan fingerprint density at radius 1 is 1.37 bits per heavy atom. The van der Waals surface area contributed by atoms with E-state index >= 15 is 0 Å². The molecule has 0 unspecified atom stereocenters. The van der Waals surface area contributed by atoms with Crippen molar-refractivity contribution in [3.63, 3.8) is 0 Å². The molecule has 0 aliphatic carbocycles. The summed E-state index contributed by atoms with van der Waals surface area (Å²) in [6, 6.07) is 7.25. The minimum absolute atomic E-state index is 0.128. The van der Waals surface area contributed by atoms with E-state index in [1.807, 2.05) is 0 Å². The molecule has 0 atom stereocenters. The molecule has 0 radical (unpaired) electrons. The Hall–Kier alpha value is -3.54. The minimum atomic E-state index is -3.20. The molecule has 2 aromatic rings. The summed E-state index contributed by atoms with van der Waals surface area (Å²) in [6.07, 6.45) is 2.45. The lowest BCUT2D eigenvalue weighted by Gasteiger charge is -2.18. The number of anilines is 1. The Morgan fingerprint density at radius 2 is 2.10 bits per heavy atom. The number of hydrogen-bond donors (Lipinski definition) is 4. The maximum Gasteiger partial charge on any atom is 0.293 e. The van der Waals surface area contributed by atoms with Gasteiger partial charge in [0.1, 0.15) is 12.9 Å². The van der Waals surface area contributed by atoms with E-state index in [4.69, 9.17) is 10.7 Å². The fraction of sp³-hybridized carbons (Fsp3) is 0.333. The van der Waals surface area contributed by atoms with Crippen LogP contribution in [0, 0.1) is 6.92 Å². The second-order valence-electron chi connectivity index (χ2n) is 6.16. The first-order valence-corrected chi connectivity index (χ1v) is 8.94. The first-order valence-electron chi connectivity index (χ1n) is 8.94. The van der Waals surface area contributed by atoms with Crippen molar-refractivity contribution in [2.75, 3.05) is 25.0 Å². The normalized spacial score (nSPS) is 11.4. The fourth-order valence-electron chi connectivity index (χ4n) is 2.44. The van der Waals surface area contributed by atoms with E-state index in [1.165, 1.54) is 30.5 Å². The molecule has 0 saturated carbocycles. The Balaban J connectivity index is 1.98. The molecule has 1 aromatic carbocycles. The summed E-state index contributed by atoms with van der Waals surface area (Å²) in [7, 11) is 0. The average molecular weight is 423 g/mol. The maximum atomic E-state index is 14.3. The van der Waals surface area contributed by atoms with Crippen LogP contribution >= 0.6 is 0 Å². The van der Waals surface area contributed by atoms with Crippen molar-refractivity contribution in [3.8, 4) is 0 Å². The molecular formula is C18H23F2N7O3. The first kappa shape index (κ1) is 22.7. The van der Waals surface area contributed by atoms with E-state index in [9.17, 15) is 18.4 Å². The molecule has 0 saturated heterocycles. The van der Waals surface area contributed by atoms with E-state index < -0.39 is 23.9 Å². The number of aromatic nitrogens is 2. The van der Waals surface area contributed by atoms with Crippen LogP contribution in [-0.2, 0) is 22.1 Å². The topological polar surface area (TPSA) is 136 Å². The summed E-state index contributed by atoms with van der Waals surface area (Å²) in [5.41, 5.74) is 1.87. The van der Waals surface area contributed by atoms with Crippen LogP contribution in [0.15, 0.2) is 46.4 Å². The average Bonchev–Trinajstić information content (AvgIpc) is 2.73. The molecule has 5 N–H and O–H groups in total. The van der Waals surface area contributed by atoms with E-state index in [0.717, 1.165) is 10.9 Å². The molecule has 0 fully saturated rings. The van der Waals surface area contributed by atoms with Gasteiger partial charge < -0.3 is 16.5 Å². The van der Waals surface area contributed by atoms with E-state index in [0.29, 0.717) is 5.69 Å². The number of amides is 1. The Labute approximate surface area is 171 Å². The van der Waals surface area contributed by atoms with Gasteiger partial charge in [-0.3, -0.25) is 24.5 Å². The molecule has 1 amide bonds. The third kappa shape index (κ3) is 6.51. The molecule has 10 nitrogen and oxygen atoms in total. The molecule has 2 rings (SSSR count). The lowest BCUT2D eigenvalue weighted by molar-refractivity contribution is -0.122. The van der Waals surface area contributed by atoms with Crippen LogP contribution in [0.1, 0.15) is 11.3 Å². The molecule has 0 bridgehead atoms. The number of alkyl halides is 2. The van der Waals surface area contributed by atoms with Gasteiger partial charge in [0.05, 0.1) is 13.2 Å². The standard InChI is InChI=1S/C18H23F2N7O3/c1-13-9-23-16(24-11-18(19,20)14-5-3-2-4-6-14)17(29)27(13)10-15(28)22-7-8-30-26-12-25-21/h2-6,9,12H,7-8,10-11,21H2,1H3,(H,22,28)(H,23,24)(H,25,26). The van der Waals surface area contributed by atoms with E-state index in [1.54, 1.807) is 13.0 Å². The third-order valence-electron chi connectivity index (χ3n) is 3.97. The van der Waals surface area contributed by atoms with Gasteiger partial charge >= 0.3 is 0 Å². The largest absolute Gasteiger partial charge is 0.359 e. The number of nitrogens with zero attached hydrogens (tertiary/aromatic N) is 3. The zero-order valence-electron chi connectivity index (χ0n) is 16.3. The van der Waals surface area contributed by atoms with Crippen molar-refractivity contribution < 1.29 is 18.4 Å². The fourth-order valence-corrected chi connectivity index (χ4v) is 2.44. The number of benzene rings is 1. The predicted octanol–water partition coefficient (Wildman–Crippen LogP) is 0.295. The number of hydrogen-bond acceptors (Lipinski definition) is 7. The number of nitrogens with two attached hydrogens (primary N) is 1. The van der Waals surface area contributed by atoms with Gasteiger partial charge in [0.2, 0.25) is 5.91 Å². The number of aryl methyl sites for hydroxylation is 1. The summed E-state index contributed by atoms with van der Waals surface area (Å²) in [5.74, 6) is 0.941. The van der Waals surface area contributed by atoms with Crippen LogP contribution < -0.4 is 27.5 Å². The molecule has 12 heteroatoms.